The van der Waals surface area contributed by atoms with Gasteiger partial charge in [0.15, 0.2) is 0 Å². The summed E-state index contributed by atoms with van der Waals surface area (Å²) in [6.45, 7) is 3.30. The molecular formula is C14H20N2O3. The average molecular weight is 264 g/mol. The van der Waals surface area contributed by atoms with Crippen LogP contribution in [0.2, 0.25) is 0 Å². The van der Waals surface area contributed by atoms with Crippen LogP contribution in [0.5, 0.6) is 0 Å². The molecule has 0 aliphatic heterocycles. The molecule has 1 aromatic rings. The van der Waals surface area contributed by atoms with Crippen molar-refractivity contribution in [2.45, 2.75) is 25.9 Å². The number of carbonyl (C=O) groups is 2. The molecule has 0 spiro atoms. The van der Waals surface area contributed by atoms with Crippen LogP contribution in [0.3, 0.4) is 0 Å². The molecule has 2 unspecified atom stereocenters. The zero-order chi connectivity index (χ0) is 14.6. The fourth-order valence-electron chi connectivity index (χ4n) is 1.99. The van der Waals surface area contributed by atoms with E-state index in [9.17, 15) is 14.7 Å². The molecule has 5 nitrogen and oxygen atoms in total. The number of aliphatic carboxylic acids is 1. The lowest BCUT2D eigenvalue weighted by atomic mass is 10.1. The molecule has 0 heterocycles. The second-order valence-corrected chi connectivity index (χ2v) is 4.67. The van der Waals surface area contributed by atoms with E-state index < -0.39 is 18.1 Å². The predicted octanol–water partition coefficient (Wildman–Crippen LogP) is 1.44. The highest BCUT2D eigenvalue weighted by atomic mass is 16.4. The fourth-order valence-corrected chi connectivity index (χ4v) is 1.99. The second-order valence-electron chi connectivity index (χ2n) is 4.67. The van der Waals surface area contributed by atoms with Crippen LogP contribution in [0.25, 0.3) is 0 Å². The van der Waals surface area contributed by atoms with Crippen LogP contribution in [0.4, 0.5) is 5.69 Å². The van der Waals surface area contributed by atoms with Gasteiger partial charge in [0.1, 0.15) is 12.1 Å². The first-order valence-electron chi connectivity index (χ1n) is 6.13. The van der Waals surface area contributed by atoms with Crippen molar-refractivity contribution in [2.24, 2.45) is 0 Å². The first-order valence-corrected chi connectivity index (χ1v) is 6.13. The van der Waals surface area contributed by atoms with Crippen LogP contribution in [-0.2, 0) is 9.59 Å². The summed E-state index contributed by atoms with van der Waals surface area (Å²) in [6, 6.07) is 7.79. The number of amides is 1. The van der Waals surface area contributed by atoms with Crippen molar-refractivity contribution >= 4 is 17.6 Å². The van der Waals surface area contributed by atoms with Crippen LogP contribution in [0, 0.1) is 0 Å². The Morgan fingerprint density at radius 2 is 1.58 bits per heavy atom. The zero-order valence-corrected chi connectivity index (χ0v) is 11.7. The van der Waals surface area contributed by atoms with E-state index in [-0.39, 0.29) is 5.91 Å². The highest BCUT2D eigenvalue weighted by Crippen LogP contribution is 2.20. The minimum atomic E-state index is -0.956. The third-order valence-electron chi connectivity index (χ3n) is 3.04. The molecule has 0 bridgehead atoms. The van der Waals surface area contributed by atoms with E-state index in [1.165, 1.54) is 4.90 Å². The van der Waals surface area contributed by atoms with Crippen LogP contribution in [0.1, 0.15) is 13.8 Å². The highest BCUT2D eigenvalue weighted by molar-refractivity contribution is 5.88. The van der Waals surface area contributed by atoms with Gasteiger partial charge in [-0.2, -0.15) is 0 Å². The van der Waals surface area contributed by atoms with Gasteiger partial charge in [-0.3, -0.25) is 4.79 Å². The molecule has 0 radical (unpaired) electrons. The standard InChI is InChI=1S/C14H20N2O3/c1-10(13(17)15(3)4)16(11(2)14(18)19)12-8-6-5-7-9-12/h5-11H,1-4H3,(H,18,19). The third kappa shape index (κ3) is 3.47. The van der Waals surface area contributed by atoms with Gasteiger partial charge in [-0.1, -0.05) is 18.2 Å². The number of anilines is 1. The summed E-state index contributed by atoms with van der Waals surface area (Å²) in [6.07, 6.45) is 0. The van der Waals surface area contributed by atoms with Crippen molar-refractivity contribution in [3.63, 3.8) is 0 Å². The number of hydrogen-bond donors (Lipinski definition) is 1. The van der Waals surface area contributed by atoms with E-state index in [0.717, 1.165) is 5.69 Å². The molecule has 0 fully saturated rings. The second kappa shape index (κ2) is 6.22. The van der Waals surface area contributed by atoms with E-state index in [1.807, 2.05) is 18.2 Å². The van der Waals surface area contributed by atoms with Gasteiger partial charge >= 0.3 is 5.97 Å². The summed E-state index contributed by atoms with van der Waals surface area (Å²) < 4.78 is 0. The molecule has 1 rings (SSSR count). The SMILES string of the molecule is CC(C(=O)O)N(c1ccccc1)C(C)C(=O)N(C)C. The molecule has 1 amide bonds. The summed E-state index contributed by atoms with van der Waals surface area (Å²) in [5.74, 6) is -1.08. The molecule has 1 N–H and O–H groups in total. The van der Waals surface area contributed by atoms with E-state index in [4.69, 9.17) is 0 Å². The Balaban J connectivity index is 3.13. The number of rotatable bonds is 5. The van der Waals surface area contributed by atoms with Crippen molar-refractivity contribution in [1.29, 1.82) is 0 Å². The maximum absolute atomic E-state index is 12.1. The van der Waals surface area contributed by atoms with Crippen molar-refractivity contribution in [3.8, 4) is 0 Å². The molecule has 0 saturated carbocycles. The molecule has 104 valence electrons. The Labute approximate surface area is 113 Å². The lowest BCUT2D eigenvalue weighted by Crippen LogP contribution is -2.51. The third-order valence-corrected chi connectivity index (χ3v) is 3.04. The Kier molecular flexibility index (Phi) is 4.92. The number of carboxylic acids is 1. The molecule has 0 aliphatic rings. The van der Waals surface area contributed by atoms with Crippen molar-refractivity contribution < 1.29 is 14.7 Å². The van der Waals surface area contributed by atoms with Gasteiger partial charge in [0.2, 0.25) is 5.91 Å². The quantitative estimate of drug-likeness (QED) is 0.874. The Morgan fingerprint density at radius 3 is 2.00 bits per heavy atom. The summed E-state index contributed by atoms with van der Waals surface area (Å²) in [7, 11) is 3.32. The number of likely N-dealkylation sites (N-methyl/N-ethyl adjacent to an activating group) is 1. The van der Waals surface area contributed by atoms with Gasteiger partial charge in [-0.15, -0.1) is 0 Å². The monoisotopic (exact) mass is 264 g/mol. The van der Waals surface area contributed by atoms with Gasteiger partial charge in [-0.25, -0.2) is 4.79 Å². The number of carbonyl (C=O) groups excluding carboxylic acids is 1. The smallest absolute Gasteiger partial charge is 0.326 e. The number of nitrogens with zero attached hydrogens (tertiary/aromatic N) is 2. The van der Waals surface area contributed by atoms with Crippen LogP contribution < -0.4 is 4.90 Å². The van der Waals surface area contributed by atoms with Gasteiger partial charge in [0.25, 0.3) is 0 Å². The van der Waals surface area contributed by atoms with Gasteiger partial charge in [0, 0.05) is 19.8 Å². The van der Waals surface area contributed by atoms with E-state index in [1.54, 1.807) is 45.0 Å². The largest absolute Gasteiger partial charge is 0.480 e. The normalized spacial score (nSPS) is 13.5. The topological polar surface area (TPSA) is 60.9 Å². The summed E-state index contributed by atoms with van der Waals surface area (Å²) >= 11 is 0. The number of benzene rings is 1. The van der Waals surface area contributed by atoms with E-state index in [2.05, 4.69) is 0 Å². The fraction of sp³-hybridized carbons (Fsp3) is 0.429. The minimum Gasteiger partial charge on any atom is -0.480 e. The Hall–Kier alpha value is -2.04. The minimum absolute atomic E-state index is 0.128. The first-order chi connectivity index (χ1) is 8.86. The number of hydrogen-bond acceptors (Lipinski definition) is 3. The van der Waals surface area contributed by atoms with Crippen molar-refractivity contribution in [3.05, 3.63) is 30.3 Å². The number of para-hydroxylation sites is 1. The molecule has 19 heavy (non-hydrogen) atoms. The maximum Gasteiger partial charge on any atom is 0.326 e. The summed E-state index contributed by atoms with van der Waals surface area (Å²) in [4.78, 5) is 26.4. The Morgan fingerprint density at radius 1 is 1.05 bits per heavy atom. The van der Waals surface area contributed by atoms with E-state index >= 15 is 0 Å². The van der Waals surface area contributed by atoms with Crippen LogP contribution >= 0.6 is 0 Å². The lowest BCUT2D eigenvalue weighted by Gasteiger charge is -2.34. The lowest BCUT2D eigenvalue weighted by molar-refractivity contribution is -0.138. The average Bonchev–Trinajstić information content (AvgIpc) is 2.38. The summed E-state index contributed by atoms with van der Waals surface area (Å²) in [5.41, 5.74) is 0.722. The predicted molar refractivity (Wildman–Crippen MR) is 74.2 cm³/mol. The molecule has 0 aliphatic carbocycles. The summed E-state index contributed by atoms with van der Waals surface area (Å²) in [5, 5.41) is 9.22. The molecule has 0 saturated heterocycles. The molecular weight excluding hydrogens is 244 g/mol. The van der Waals surface area contributed by atoms with Gasteiger partial charge < -0.3 is 14.9 Å². The van der Waals surface area contributed by atoms with Gasteiger partial charge in [-0.05, 0) is 26.0 Å². The van der Waals surface area contributed by atoms with E-state index in [0.29, 0.717) is 0 Å². The van der Waals surface area contributed by atoms with Crippen LogP contribution in [-0.4, -0.2) is 48.1 Å². The first kappa shape index (κ1) is 15.0. The van der Waals surface area contributed by atoms with Crippen molar-refractivity contribution in [2.75, 3.05) is 19.0 Å². The Bertz CT molecular complexity index is 445. The molecule has 1 aromatic carbocycles. The maximum atomic E-state index is 12.1. The van der Waals surface area contributed by atoms with Crippen LogP contribution in [0.15, 0.2) is 30.3 Å². The molecule has 5 heteroatoms. The van der Waals surface area contributed by atoms with Crippen molar-refractivity contribution in [1.82, 2.24) is 4.90 Å². The highest BCUT2D eigenvalue weighted by Gasteiger charge is 2.30. The molecule has 0 aromatic heterocycles. The van der Waals surface area contributed by atoms with Gasteiger partial charge in [0.05, 0.1) is 0 Å². The zero-order valence-electron chi connectivity index (χ0n) is 11.7. The number of carboxylic acid groups (broad SMARTS) is 1. The molecule has 2 atom stereocenters.